The Balaban J connectivity index is 0.000000356. The summed E-state index contributed by atoms with van der Waals surface area (Å²) in [6.45, 7) is 0. The van der Waals surface area contributed by atoms with E-state index in [1.807, 2.05) is 24.3 Å². The van der Waals surface area contributed by atoms with E-state index in [0.29, 0.717) is 23.0 Å². The Morgan fingerprint density at radius 2 is 0.414 bits per heavy atom. The van der Waals surface area contributed by atoms with Crippen LogP contribution in [0, 0.1) is 0 Å². The quantitative estimate of drug-likeness (QED) is 0.262. The maximum Gasteiger partial charge on any atom is 0.115 e. The largest absolute Gasteiger partial charge is 0.508 e. The van der Waals surface area contributed by atoms with E-state index >= 15 is 0 Å². The number of hydrogen-bond acceptors (Lipinski definition) is 5. The number of benzene rings is 4. The van der Waals surface area contributed by atoms with Crippen molar-refractivity contribution in [3.05, 3.63) is 121 Å². The Labute approximate surface area is 171 Å². The first-order valence-corrected chi connectivity index (χ1v) is 8.54. The van der Waals surface area contributed by atoms with Gasteiger partial charge in [0, 0.05) is 0 Å². The smallest absolute Gasteiger partial charge is 0.115 e. The van der Waals surface area contributed by atoms with Gasteiger partial charge in [-0.25, -0.2) is 0 Å². The molecule has 0 aliphatic heterocycles. The molecule has 29 heavy (non-hydrogen) atoms. The van der Waals surface area contributed by atoms with Crippen LogP contribution in [0.15, 0.2) is 121 Å². The van der Waals surface area contributed by atoms with Gasteiger partial charge in [0.25, 0.3) is 0 Å². The van der Waals surface area contributed by atoms with Crippen molar-refractivity contribution in [1.82, 2.24) is 6.15 Å². The Hall–Kier alpha value is -3.96. The zero-order chi connectivity index (χ0) is 20.5. The summed E-state index contributed by atoms with van der Waals surface area (Å²) in [5, 5.41) is 34.5. The first-order valence-electron chi connectivity index (χ1n) is 8.54. The van der Waals surface area contributed by atoms with Crippen LogP contribution in [0.3, 0.4) is 0 Å². The second kappa shape index (κ2) is 16.2. The van der Waals surface area contributed by atoms with Gasteiger partial charge in [0.2, 0.25) is 0 Å². The monoisotopic (exact) mass is 393 g/mol. The first kappa shape index (κ1) is 25.0. The van der Waals surface area contributed by atoms with Crippen molar-refractivity contribution in [3.63, 3.8) is 0 Å². The van der Waals surface area contributed by atoms with Crippen LogP contribution in [-0.2, 0) is 0 Å². The van der Waals surface area contributed by atoms with Crippen molar-refractivity contribution in [1.29, 1.82) is 0 Å². The molecule has 0 aromatic heterocycles. The molecule has 0 radical (unpaired) electrons. The molecular formula is C24H27NO4. The number of phenolic OH excluding ortho intramolecular Hbond substituents is 4. The third kappa shape index (κ3) is 14.9. The van der Waals surface area contributed by atoms with Crippen LogP contribution in [0.25, 0.3) is 0 Å². The van der Waals surface area contributed by atoms with Crippen LogP contribution < -0.4 is 6.15 Å². The van der Waals surface area contributed by atoms with Gasteiger partial charge in [0.1, 0.15) is 23.0 Å². The van der Waals surface area contributed by atoms with Crippen LogP contribution in [0.4, 0.5) is 0 Å². The third-order valence-electron chi connectivity index (χ3n) is 3.02. The number of para-hydroxylation sites is 4. The van der Waals surface area contributed by atoms with Gasteiger partial charge in [-0.1, -0.05) is 72.8 Å². The van der Waals surface area contributed by atoms with Crippen LogP contribution >= 0.6 is 0 Å². The molecule has 0 bridgehead atoms. The van der Waals surface area contributed by atoms with Gasteiger partial charge in [0.15, 0.2) is 0 Å². The molecule has 0 amide bonds. The van der Waals surface area contributed by atoms with Crippen molar-refractivity contribution in [2.24, 2.45) is 0 Å². The van der Waals surface area contributed by atoms with Crippen molar-refractivity contribution in [3.8, 4) is 23.0 Å². The highest BCUT2D eigenvalue weighted by Gasteiger charge is 1.76. The molecule has 0 aliphatic rings. The lowest BCUT2D eigenvalue weighted by Crippen LogP contribution is -1.56. The molecule has 0 saturated heterocycles. The van der Waals surface area contributed by atoms with E-state index in [-0.39, 0.29) is 6.15 Å². The minimum absolute atomic E-state index is 0. The molecule has 0 fully saturated rings. The summed E-state index contributed by atoms with van der Waals surface area (Å²) in [5.41, 5.74) is 0. The lowest BCUT2D eigenvalue weighted by atomic mass is 10.3. The molecule has 4 rings (SSSR count). The van der Waals surface area contributed by atoms with Crippen molar-refractivity contribution in [2.75, 3.05) is 0 Å². The van der Waals surface area contributed by atoms with Gasteiger partial charge >= 0.3 is 0 Å². The molecule has 0 unspecified atom stereocenters. The fraction of sp³-hybridized carbons (Fsp3) is 0. The predicted octanol–water partition coefficient (Wildman–Crippen LogP) is 5.73. The maximum atomic E-state index is 8.63. The number of hydrogen-bond donors (Lipinski definition) is 5. The van der Waals surface area contributed by atoms with E-state index in [0.717, 1.165) is 0 Å². The average Bonchev–Trinajstić information content (AvgIpc) is 2.72. The van der Waals surface area contributed by atoms with Crippen LogP contribution in [0.1, 0.15) is 0 Å². The van der Waals surface area contributed by atoms with Gasteiger partial charge in [-0.15, -0.1) is 0 Å². The maximum absolute atomic E-state index is 8.63. The average molecular weight is 393 g/mol. The van der Waals surface area contributed by atoms with E-state index in [9.17, 15) is 0 Å². The molecule has 0 aliphatic carbocycles. The molecule has 0 saturated carbocycles. The van der Waals surface area contributed by atoms with Crippen molar-refractivity contribution in [2.45, 2.75) is 0 Å². The highest BCUT2D eigenvalue weighted by atomic mass is 16.3. The SMILES string of the molecule is N.Oc1ccccc1.Oc1ccccc1.Oc1ccccc1.Oc1ccccc1. The molecule has 152 valence electrons. The molecule has 4 aromatic carbocycles. The molecule has 0 spiro atoms. The molecule has 4 aromatic rings. The number of aromatic hydroxyl groups is 4. The highest BCUT2D eigenvalue weighted by Crippen LogP contribution is 2.04. The van der Waals surface area contributed by atoms with E-state index in [4.69, 9.17) is 20.4 Å². The molecule has 0 atom stereocenters. The summed E-state index contributed by atoms with van der Waals surface area (Å²) < 4.78 is 0. The molecule has 7 N–H and O–H groups in total. The van der Waals surface area contributed by atoms with Gasteiger partial charge in [0.05, 0.1) is 0 Å². The first-order chi connectivity index (χ1) is 13.6. The summed E-state index contributed by atoms with van der Waals surface area (Å²) in [4.78, 5) is 0. The van der Waals surface area contributed by atoms with E-state index in [2.05, 4.69) is 0 Å². The fourth-order valence-corrected chi connectivity index (χ4v) is 1.71. The molecular weight excluding hydrogens is 366 g/mol. The van der Waals surface area contributed by atoms with Crippen LogP contribution in [0.2, 0.25) is 0 Å². The lowest BCUT2D eigenvalue weighted by molar-refractivity contribution is 0.475. The highest BCUT2D eigenvalue weighted by molar-refractivity contribution is 5.20. The number of phenols is 4. The molecule has 5 nitrogen and oxygen atoms in total. The summed E-state index contributed by atoms with van der Waals surface area (Å²) in [6, 6.07) is 34.9. The zero-order valence-corrected chi connectivity index (χ0v) is 16.0. The van der Waals surface area contributed by atoms with E-state index < -0.39 is 0 Å². The standard InChI is InChI=1S/4C6H6O.H3N/c4*7-6-4-2-1-3-5-6;/h4*1-5,7H;1H3. The second-order valence-electron chi connectivity index (χ2n) is 5.34. The zero-order valence-electron chi connectivity index (χ0n) is 16.0. The van der Waals surface area contributed by atoms with Crippen molar-refractivity contribution >= 4 is 0 Å². The van der Waals surface area contributed by atoms with Gasteiger partial charge < -0.3 is 26.6 Å². The van der Waals surface area contributed by atoms with Crippen LogP contribution in [0.5, 0.6) is 23.0 Å². The summed E-state index contributed by atoms with van der Waals surface area (Å²) in [5.74, 6) is 1.29. The second-order valence-corrected chi connectivity index (χ2v) is 5.34. The van der Waals surface area contributed by atoms with Gasteiger partial charge in [-0.2, -0.15) is 0 Å². The Morgan fingerprint density at radius 1 is 0.276 bits per heavy atom. The molecule has 5 heteroatoms. The van der Waals surface area contributed by atoms with Gasteiger partial charge in [-0.3, -0.25) is 0 Å². The minimum Gasteiger partial charge on any atom is -0.508 e. The Kier molecular flexibility index (Phi) is 14.0. The molecule has 0 heterocycles. The third-order valence-corrected chi connectivity index (χ3v) is 3.02. The normalized spacial score (nSPS) is 8.28. The Bertz CT molecular complexity index is 693. The van der Waals surface area contributed by atoms with E-state index in [1.54, 1.807) is 97.1 Å². The predicted molar refractivity (Wildman–Crippen MR) is 117 cm³/mol. The summed E-state index contributed by atoms with van der Waals surface area (Å²) in [7, 11) is 0. The van der Waals surface area contributed by atoms with E-state index in [1.165, 1.54) is 0 Å². The van der Waals surface area contributed by atoms with Crippen molar-refractivity contribution < 1.29 is 20.4 Å². The summed E-state index contributed by atoms with van der Waals surface area (Å²) in [6.07, 6.45) is 0. The Morgan fingerprint density at radius 3 is 0.483 bits per heavy atom. The fourth-order valence-electron chi connectivity index (χ4n) is 1.71. The summed E-state index contributed by atoms with van der Waals surface area (Å²) >= 11 is 0. The lowest BCUT2D eigenvalue weighted by Gasteiger charge is -1.82. The topological polar surface area (TPSA) is 116 Å². The minimum atomic E-state index is 0. The van der Waals surface area contributed by atoms with Crippen LogP contribution in [-0.4, -0.2) is 20.4 Å². The number of rotatable bonds is 0. The van der Waals surface area contributed by atoms with Gasteiger partial charge in [-0.05, 0) is 48.5 Å².